The fourth-order valence-electron chi connectivity index (χ4n) is 1.39. The van der Waals surface area contributed by atoms with Crippen LogP contribution in [0.15, 0.2) is 36.4 Å². The van der Waals surface area contributed by atoms with Gasteiger partial charge >= 0.3 is 0 Å². The fraction of sp³-hybridized carbons (Fsp3) is 0.385. The molecule has 0 spiro atoms. The number of nitrogens with zero attached hydrogens (tertiary/aromatic N) is 1. The van der Waals surface area contributed by atoms with E-state index in [1.807, 2.05) is 6.08 Å². The van der Waals surface area contributed by atoms with Crippen molar-refractivity contribution in [2.75, 3.05) is 19.5 Å². The molecule has 0 fully saturated rings. The van der Waals surface area contributed by atoms with Crippen molar-refractivity contribution in [1.82, 2.24) is 4.90 Å². The molecule has 82 valence electrons. The molecule has 0 atom stereocenters. The molecule has 0 saturated carbocycles. The normalized spacial score (nSPS) is 11.5. The van der Waals surface area contributed by atoms with E-state index in [1.165, 1.54) is 11.1 Å². The Labute approximate surface area is 97.4 Å². The van der Waals surface area contributed by atoms with Gasteiger partial charge < -0.3 is 0 Å². The van der Waals surface area contributed by atoms with E-state index in [1.54, 1.807) is 0 Å². The highest BCUT2D eigenvalue weighted by atomic mass is 35.5. The maximum atomic E-state index is 5.56. The van der Waals surface area contributed by atoms with E-state index in [-0.39, 0.29) is 0 Å². The van der Waals surface area contributed by atoms with E-state index in [0.29, 0.717) is 5.88 Å². The molecule has 0 radical (unpaired) electrons. The van der Waals surface area contributed by atoms with Crippen LogP contribution in [0.3, 0.4) is 0 Å². The van der Waals surface area contributed by atoms with Gasteiger partial charge in [-0.3, -0.25) is 4.90 Å². The Kier molecular flexibility index (Phi) is 5.44. The van der Waals surface area contributed by atoms with Gasteiger partial charge in [-0.2, -0.15) is 0 Å². The Bertz CT molecular complexity index is 303. The van der Waals surface area contributed by atoms with Gasteiger partial charge in [-0.25, -0.2) is 0 Å². The first-order chi connectivity index (χ1) is 7.22. The minimum Gasteiger partial charge on any atom is -0.298 e. The molecular formula is C13H18ClN. The van der Waals surface area contributed by atoms with Gasteiger partial charge in [-0.15, -0.1) is 11.6 Å². The van der Waals surface area contributed by atoms with Crippen LogP contribution in [0.4, 0.5) is 0 Å². The van der Waals surface area contributed by atoms with Gasteiger partial charge in [0.25, 0.3) is 0 Å². The van der Waals surface area contributed by atoms with Crippen molar-refractivity contribution in [3.63, 3.8) is 0 Å². The molecule has 0 heterocycles. The molecule has 0 aliphatic carbocycles. The molecule has 1 aromatic rings. The van der Waals surface area contributed by atoms with E-state index in [0.717, 1.165) is 13.1 Å². The zero-order chi connectivity index (χ0) is 11.1. The maximum Gasteiger partial charge on any atom is 0.0404 e. The summed E-state index contributed by atoms with van der Waals surface area (Å²) in [5.41, 5.74) is 2.66. The molecule has 1 aromatic carbocycles. The van der Waals surface area contributed by atoms with E-state index in [4.69, 9.17) is 11.6 Å². The third-order valence-corrected chi connectivity index (χ3v) is 2.42. The molecule has 0 saturated heterocycles. The second-order valence-electron chi connectivity index (χ2n) is 3.81. The van der Waals surface area contributed by atoms with Gasteiger partial charge in [0.15, 0.2) is 0 Å². The number of benzene rings is 1. The quantitative estimate of drug-likeness (QED) is 0.547. The number of rotatable bonds is 5. The van der Waals surface area contributed by atoms with E-state index in [2.05, 4.69) is 49.2 Å². The monoisotopic (exact) mass is 223 g/mol. The zero-order valence-corrected chi connectivity index (χ0v) is 10.2. The summed E-state index contributed by atoms with van der Waals surface area (Å²) in [7, 11) is 2.11. The molecular weight excluding hydrogens is 206 g/mol. The summed E-state index contributed by atoms with van der Waals surface area (Å²) in [5.74, 6) is 0.596. The standard InChI is InChI=1S/C13H18ClN/c1-12-5-7-13(8-6-12)11-15(2)10-4-3-9-14/h3-8H,9-11H2,1-2H3. The number of alkyl halides is 1. The predicted octanol–water partition coefficient (Wildman–Crippen LogP) is 3.22. The first kappa shape index (κ1) is 12.3. The molecule has 0 N–H and O–H groups in total. The zero-order valence-electron chi connectivity index (χ0n) is 9.41. The van der Waals surface area contributed by atoms with E-state index in [9.17, 15) is 0 Å². The predicted molar refractivity (Wildman–Crippen MR) is 67.4 cm³/mol. The molecule has 0 aliphatic heterocycles. The Morgan fingerprint density at radius 3 is 2.47 bits per heavy atom. The first-order valence-electron chi connectivity index (χ1n) is 5.17. The first-order valence-corrected chi connectivity index (χ1v) is 5.71. The molecule has 0 bridgehead atoms. The van der Waals surface area contributed by atoms with Crippen LogP contribution < -0.4 is 0 Å². The van der Waals surface area contributed by atoms with E-state index >= 15 is 0 Å². The third kappa shape index (κ3) is 5.01. The van der Waals surface area contributed by atoms with Crippen LogP contribution in [0.1, 0.15) is 11.1 Å². The van der Waals surface area contributed by atoms with Gasteiger partial charge in [0, 0.05) is 19.0 Å². The third-order valence-electron chi connectivity index (χ3n) is 2.25. The number of hydrogen-bond acceptors (Lipinski definition) is 1. The van der Waals surface area contributed by atoms with Gasteiger partial charge in [0.2, 0.25) is 0 Å². The van der Waals surface area contributed by atoms with Crippen molar-refractivity contribution in [2.45, 2.75) is 13.5 Å². The summed E-state index contributed by atoms with van der Waals surface area (Å²) in [6, 6.07) is 8.66. The summed E-state index contributed by atoms with van der Waals surface area (Å²) >= 11 is 5.56. The molecule has 0 aromatic heterocycles. The van der Waals surface area contributed by atoms with Crippen molar-refractivity contribution in [2.24, 2.45) is 0 Å². The minimum absolute atomic E-state index is 0.596. The lowest BCUT2D eigenvalue weighted by Crippen LogP contribution is -2.17. The number of allylic oxidation sites excluding steroid dienone is 1. The van der Waals surface area contributed by atoms with Crippen LogP contribution in [0.2, 0.25) is 0 Å². The smallest absolute Gasteiger partial charge is 0.0404 e. The van der Waals surface area contributed by atoms with Crippen LogP contribution >= 0.6 is 11.6 Å². The van der Waals surface area contributed by atoms with Crippen molar-refractivity contribution in [3.8, 4) is 0 Å². The van der Waals surface area contributed by atoms with Gasteiger partial charge in [0.05, 0.1) is 0 Å². The van der Waals surface area contributed by atoms with Crippen LogP contribution in [-0.4, -0.2) is 24.4 Å². The summed E-state index contributed by atoms with van der Waals surface area (Å²) in [6.45, 7) is 4.03. The highest BCUT2D eigenvalue weighted by Gasteiger charge is 1.97. The second-order valence-corrected chi connectivity index (χ2v) is 4.12. The Hall–Kier alpha value is -0.790. The van der Waals surface area contributed by atoms with E-state index < -0.39 is 0 Å². The molecule has 15 heavy (non-hydrogen) atoms. The van der Waals surface area contributed by atoms with Gasteiger partial charge in [-0.05, 0) is 19.5 Å². The Morgan fingerprint density at radius 1 is 1.20 bits per heavy atom. The number of halogens is 1. The van der Waals surface area contributed by atoms with Crippen molar-refractivity contribution in [1.29, 1.82) is 0 Å². The summed E-state index contributed by atoms with van der Waals surface area (Å²) in [6.07, 6.45) is 4.08. The molecule has 1 nitrogen and oxygen atoms in total. The maximum absolute atomic E-state index is 5.56. The number of aryl methyl sites for hydroxylation is 1. The van der Waals surface area contributed by atoms with Crippen molar-refractivity contribution in [3.05, 3.63) is 47.5 Å². The SMILES string of the molecule is Cc1ccc(CN(C)CC=CCCl)cc1. The number of likely N-dealkylation sites (N-methyl/N-ethyl adjacent to an activating group) is 1. The number of hydrogen-bond donors (Lipinski definition) is 0. The van der Waals surface area contributed by atoms with Crippen LogP contribution in [0.5, 0.6) is 0 Å². The largest absolute Gasteiger partial charge is 0.298 e. The Morgan fingerprint density at radius 2 is 1.87 bits per heavy atom. The van der Waals surface area contributed by atoms with Crippen molar-refractivity contribution >= 4 is 11.6 Å². The lowest BCUT2D eigenvalue weighted by Gasteiger charge is -2.14. The Balaban J connectivity index is 2.40. The summed E-state index contributed by atoms with van der Waals surface area (Å²) in [4.78, 5) is 2.26. The van der Waals surface area contributed by atoms with Crippen LogP contribution in [-0.2, 0) is 6.54 Å². The fourth-order valence-corrected chi connectivity index (χ4v) is 1.51. The summed E-state index contributed by atoms with van der Waals surface area (Å²) < 4.78 is 0. The molecule has 0 unspecified atom stereocenters. The van der Waals surface area contributed by atoms with Gasteiger partial charge in [-0.1, -0.05) is 42.0 Å². The lowest BCUT2D eigenvalue weighted by molar-refractivity contribution is 0.363. The van der Waals surface area contributed by atoms with Crippen LogP contribution in [0.25, 0.3) is 0 Å². The highest BCUT2D eigenvalue weighted by Crippen LogP contribution is 2.05. The average molecular weight is 224 g/mol. The molecule has 0 aliphatic rings. The highest BCUT2D eigenvalue weighted by molar-refractivity contribution is 6.18. The van der Waals surface area contributed by atoms with Gasteiger partial charge in [0.1, 0.15) is 0 Å². The lowest BCUT2D eigenvalue weighted by atomic mass is 10.1. The second kappa shape index (κ2) is 6.65. The van der Waals surface area contributed by atoms with Crippen molar-refractivity contribution < 1.29 is 0 Å². The molecule has 2 heteroatoms. The molecule has 1 rings (SSSR count). The summed E-state index contributed by atoms with van der Waals surface area (Å²) in [5, 5.41) is 0. The molecule has 0 amide bonds. The average Bonchev–Trinajstić information content (AvgIpc) is 2.22. The minimum atomic E-state index is 0.596. The topological polar surface area (TPSA) is 3.24 Å². The van der Waals surface area contributed by atoms with Crippen LogP contribution in [0, 0.1) is 6.92 Å².